The third-order valence-corrected chi connectivity index (χ3v) is 5.94. The topological polar surface area (TPSA) is 38.9 Å². The number of hydrogen-bond acceptors (Lipinski definition) is 3. The molecule has 0 bridgehead atoms. The number of hydrogen-bond donors (Lipinski definition) is 1. The molecule has 1 aromatic heterocycles. The first-order valence-electron chi connectivity index (χ1n) is 7.20. The van der Waals surface area contributed by atoms with Crippen molar-refractivity contribution in [2.45, 2.75) is 64.8 Å². The third-order valence-electron chi connectivity index (χ3n) is 4.54. The van der Waals surface area contributed by atoms with Crippen molar-refractivity contribution in [3.8, 4) is 0 Å². The maximum Gasteiger partial charge on any atom is 0.0962 e. The van der Waals surface area contributed by atoms with Gasteiger partial charge in [-0.1, -0.05) is 27.2 Å². The summed E-state index contributed by atoms with van der Waals surface area (Å²) in [6.45, 7) is 6.99. The molecule has 0 aromatic carbocycles. The summed E-state index contributed by atoms with van der Waals surface area (Å²) in [5.41, 5.74) is 7.96. The van der Waals surface area contributed by atoms with Crippen LogP contribution in [0.3, 0.4) is 0 Å². The molecule has 1 saturated carbocycles. The Labute approximate surface area is 114 Å². The zero-order valence-electron chi connectivity index (χ0n) is 11.7. The molecule has 0 aliphatic heterocycles. The Kier molecular flexibility index (Phi) is 3.02. The van der Waals surface area contributed by atoms with Crippen LogP contribution in [0.15, 0.2) is 0 Å². The largest absolute Gasteiger partial charge is 0.323 e. The molecule has 18 heavy (non-hydrogen) atoms. The van der Waals surface area contributed by atoms with Gasteiger partial charge in [0, 0.05) is 16.8 Å². The Balaban J connectivity index is 1.88. The smallest absolute Gasteiger partial charge is 0.0962 e. The van der Waals surface area contributed by atoms with Crippen molar-refractivity contribution in [2.24, 2.45) is 17.1 Å². The normalized spacial score (nSPS) is 34.6. The van der Waals surface area contributed by atoms with E-state index < -0.39 is 0 Å². The van der Waals surface area contributed by atoms with Crippen molar-refractivity contribution in [2.75, 3.05) is 0 Å². The van der Waals surface area contributed by atoms with Crippen LogP contribution in [0.2, 0.25) is 0 Å². The van der Waals surface area contributed by atoms with Crippen LogP contribution in [0.25, 0.3) is 0 Å². The molecule has 2 N–H and O–H groups in total. The van der Waals surface area contributed by atoms with E-state index in [0.717, 1.165) is 18.8 Å². The predicted octanol–water partition coefficient (Wildman–Crippen LogP) is 4.02. The van der Waals surface area contributed by atoms with Crippen molar-refractivity contribution in [3.05, 3.63) is 15.6 Å². The molecule has 2 aliphatic rings. The van der Waals surface area contributed by atoms with E-state index in [1.54, 1.807) is 0 Å². The third kappa shape index (κ3) is 2.23. The van der Waals surface area contributed by atoms with Crippen LogP contribution in [-0.4, -0.2) is 4.98 Å². The summed E-state index contributed by atoms with van der Waals surface area (Å²) in [5.74, 6) is 1.59. The van der Waals surface area contributed by atoms with Gasteiger partial charge in [-0.25, -0.2) is 4.98 Å². The van der Waals surface area contributed by atoms with E-state index in [-0.39, 0.29) is 6.04 Å². The molecule has 0 amide bonds. The fraction of sp³-hybridized carbons (Fsp3) is 0.800. The molecular formula is C15H24N2S. The molecule has 1 fully saturated rings. The molecule has 1 aromatic rings. The summed E-state index contributed by atoms with van der Waals surface area (Å²) in [5, 5.41) is 1.37. The van der Waals surface area contributed by atoms with E-state index in [1.165, 1.54) is 34.8 Å². The minimum absolute atomic E-state index is 0.217. The molecule has 0 spiro atoms. The van der Waals surface area contributed by atoms with Gasteiger partial charge in [-0.2, -0.15) is 0 Å². The van der Waals surface area contributed by atoms with Gasteiger partial charge in [0.15, 0.2) is 0 Å². The quantitative estimate of drug-likeness (QED) is 0.832. The SMILES string of the molecule is CC1CCC(c2nc3c(s2)C(N)CC(C)(C)C3)C1. The lowest BCUT2D eigenvalue weighted by molar-refractivity contribution is 0.282. The van der Waals surface area contributed by atoms with E-state index in [2.05, 4.69) is 20.8 Å². The summed E-state index contributed by atoms with van der Waals surface area (Å²) in [6.07, 6.45) is 6.22. The van der Waals surface area contributed by atoms with E-state index in [9.17, 15) is 0 Å². The van der Waals surface area contributed by atoms with E-state index in [4.69, 9.17) is 10.7 Å². The molecule has 0 radical (unpaired) electrons. The molecule has 0 saturated heterocycles. The standard InChI is InChI=1S/C15H24N2S/c1-9-4-5-10(6-9)14-17-12-8-15(2,3)7-11(16)13(12)18-14/h9-11H,4-8,16H2,1-3H3. The summed E-state index contributed by atoms with van der Waals surface area (Å²) in [7, 11) is 0. The summed E-state index contributed by atoms with van der Waals surface area (Å²) < 4.78 is 0. The average molecular weight is 264 g/mol. The second-order valence-electron chi connectivity index (χ2n) is 7.13. The van der Waals surface area contributed by atoms with Crippen molar-refractivity contribution >= 4 is 11.3 Å². The predicted molar refractivity (Wildman–Crippen MR) is 76.9 cm³/mol. The highest BCUT2D eigenvalue weighted by atomic mass is 32.1. The molecule has 1 heterocycles. The fourth-order valence-electron chi connectivity index (χ4n) is 3.62. The number of fused-ring (bicyclic) bond motifs is 1. The van der Waals surface area contributed by atoms with Gasteiger partial charge in [-0.3, -0.25) is 0 Å². The summed E-state index contributed by atoms with van der Waals surface area (Å²) in [6, 6.07) is 0.217. The van der Waals surface area contributed by atoms with Gasteiger partial charge in [0.1, 0.15) is 0 Å². The molecule has 2 aliphatic carbocycles. The van der Waals surface area contributed by atoms with Crippen LogP contribution in [0.1, 0.15) is 74.0 Å². The van der Waals surface area contributed by atoms with Crippen molar-refractivity contribution in [3.63, 3.8) is 0 Å². The Hall–Kier alpha value is -0.410. The maximum atomic E-state index is 6.33. The lowest BCUT2D eigenvalue weighted by atomic mass is 9.77. The van der Waals surface area contributed by atoms with Crippen molar-refractivity contribution < 1.29 is 0 Å². The number of nitrogens with zero attached hydrogens (tertiary/aromatic N) is 1. The fourth-order valence-corrected chi connectivity index (χ4v) is 4.85. The Morgan fingerprint density at radius 2 is 2.11 bits per heavy atom. The Bertz CT molecular complexity index is 449. The monoisotopic (exact) mass is 264 g/mol. The van der Waals surface area contributed by atoms with Gasteiger partial charge >= 0.3 is 0 Å². The Morgan fingerprint density at radius 1 is 1.33 bits per heavy atom. The minimum Gasteiger partial charge on any atom is -0.323 e. The number of thiazole rings is 1. The second-order valence-corrected chi connectivity index (χ2v) is 8.19. The average Bonchev–Trinajstić information content (AvgIpc) is 2.82. The first-order chi connectivity index (χ1) is 8.44. The number of nitrogens with two attached hydrogens (primary N) is 1. The minimum atomic E-state index is 0.217. The van der Waals surface area contributed by atoms with Gasteiger partial charge in [0.25, 0.3) is 0 Å². The molecule has 3 unspecified atom stereocenters. The van der Waals surface area contributed by atoms with Crippen LogP contribution in [0, 0.1) is 11.3 Å². The van der Waals surface area contributed by atoms with Gasteiger partial charge < -0.3 is 5.73 Å². The van der Waals surface area contributed by atoms with Gasteiger partial charge in [-0.05, 0) is 37.0 Å². The lowest BCUT2D eigenvalue weighted by Crippen LogP contribution is -2.28. The number of rotatable bonds is 1. The first-order valence-corrected chi connectivity index (χ1v) is 8.01. The van der Waals surface area contributed by atoms with E-state index >= 15 is 0 Å². The van der Waals surface area contributed by atoms with Gasteiger partial charge in [0.2, 0.25) is 0 Å². The Morgan fingerprint density at radius 3 is 2.78 bits per heavy atom. The van der Waals surface area contributed by atoms with Gasteiger partial charge in [-0.15, -0.1) is 11.3 Å². The highest BCUT2D eigenvalue weighted by Gasteiger charge is 2.35. The van der Waals surface area contributed by atoms with Crippen LogP contribution in [0.4, 0.5) is 0 Å². The molecule has 3 heteroatoms. The van der Waals surface area contributed by atoms with E-state index in [1.807, 2.05) is 11.3 Å². The maximum absolute atomic E-state index is 6.33. The lowest BCUT2D eigenvalue weighted by Gasteiger charge is -2.32. The molecule has 2 nitrogen and oxygen atoms in total. The summed E-state index contributed by atoms with van der Waals surface area (Å²) in [4.78, 5) is 6.33. The molecule has 100 valence electrons. The summed E-state index contributed by atoms with van der Waals surface area (Å²) >= 11 is 1.91. The molecular weight excluding hydrogens is 240 g/mol. The van der Waals surface area contributed by atoms with Crippen LogP contribution in [-0.2, 0) is 6.42 Å². The molecule has 3 rings (SSSR count). The van der Waals surface area contributed by atoms with E-state index in [0.29, 0.717) is 11.3 Å². The first kappa shape index (κ1) is 12.6. The van der Waals surface area contributed by atoms with Crippen molar-refractivity contribution in [1.29, 1.82) is 0 Å². The second kappa shape index (κ2) is 4.31. The van der Waals surface area contributed by atoms with Gasteiger partial charge in [0.05, 0.1) is 10.7 Å². The highest BCUT2D eigenvalue weighted by molar-refractivity contribution is 7.12. The van der Waals surface area contributed by atoms with Crippen LogP contribution < -0.4 is 5.73 Å². The van der Waals surface area contributed by atoms with Crippen molar-refractivity contribution in [1.82, 2.24) is 4.98 Å². The molecule has 3 atom stereocenters. The zero-order valence-corrected chi connectivity index (χ0v) is 12.5. The van der Waals surface area contributed by atoms with Crippen LogP contribution >= 0.6 is 11.3 Å². The zero-order chi connectivity index (χ0) is 12.9. The number of aromatic nitrogens is 1. The van der Waals surface area contributed by atoms with Crippen LogP contribution in [0.5, 0.6) is 0 Å². The highest BCUT2D eigenvalue weighted by Crippen LogP contribution is 2.46.